The molecule has 2 saturated heterocycles. The van der Waals surface area contributed by atoms with Crippen LogP contribution in [0.3, 0.4) is 0 Å². The summed E-state index contributed by atoms with van der Waals surface area (Å²) in [6, 6.07) is 10.2. The molecule has 0 aliphatic carbocycles. The number of rotatable bonds is 11. The Labute approximate surface area is 431 Å². The van der Waals surface area contributed by atoms with Crippen LogP contribution in [0.1, 0.15) is 108 Å². The van der Waals surface area contributed by atoms with Crippen molar-refractivity contribution in [2.45, 2.75) is 97.7 Å². The first-order valence-corrected chi connectivity index (χ1v) is 24.9. The molecule has 2 bridgehead atoms. The molecular formula is C53H49F4N17O2. The number of halogens is 4. The summed E-state index contributed by atoms with van der Waals surface area (Å²) in [6.45, 7) is 12.9. The van der Waals surface area contributed by atoms with Crippen LogP contribution in [0, 0.1) is 37.1 Å². The number of nitrogens with one attached hydrogen (secondary N) is 4. The van der Waals surface area contributed by atoms with E-state index < -0.39 is 35.4 Å². The number of benzene rings is 2. The van der Waals surface area contributed by atoms with E-state index in [-0.39, 0.29) is 104 Å². The molecule has 23 heteroatoms. The van der Waals surface area contributed by atoms with Crippen LogP contribution in [-0.4, -0.2) is 94.1 Å². The molecule has 0 spiro atoms. The predicted octanol–water partition coefficient (Wildman–Crippen LogP) is 8.72. The zero-order chi connectivity index (χ0) is 52.8. The Kier molecular flexibility index (Phi) is 11.9. The van der Waals surface area contributed by atoms with Gasteiger partial charge in [0.15, 0.2) is 23.3 Å². The third-order valence-corrected chi connectivity index (χ3v) is 14.3. The summed E-state index contributed by atoms with van der Waals surface area (Å²) < 4.78 is 69.3. The number of anilines is 4. The molecule has 9 aromatic rings. The van der Waals surface area contributed by atoms with E-state index >= 15 is 17.6 Å². The van der Waals surface area contributed by atoms with Gasteiger partial charge in [-0.05, 0) is 103 Å². The molecular weight excluding hydrogens is 983 g/mol. The van der Waals surface area contributed by atoms with E-state index in [9.17, 15) is 9.59 Å². The molecule has 1 amide bonds. The van der Waals surface area contributed by atoms with Gasteiger partial charge in [0.05, 0.1) is 46.1 Å². The molecule has 3 aliphatic heterocycles. The van der Waals surface area contributed by atoms with Gasteiger partial charge >= 0.3 is 0 Å². The molecule has 3 aliphatic rings. The molecule has 19 nitrogen and oxygen atoms in total. The average Bonchev–Trinajstić information content (AvgIpc) is 4.24. The summed E-state index contributed by atoms with van der Waals surface area (Å²) in [5, 5.41) is 17.1. The molecule has 386 valence electrons. The molecule has 7 aromatic heterocycles. The van der Waals surface area contributed by atoms with Gasteiger partial charge in [0.25, 0.3) is 11.8 Å². The van der Waals surface area contributed by atoms with Crippen molar-refractivity contribution in [1.82, 2.24) is 74.3 Å². The molecule has 2 aromatic carbocycles. The van der Waals surface area contributed by atoms with Crippen LogP contribution in [0.4, 0.5) is 41.1 Å². The third kappa shape index (κ3) is 8.34. The monoisotopic (exact) mass is 1030 g/mol. The zero-order valence-corrected chi connectivity index (χ0v) is 42.0. The maximum absolute atomic E-state index is 17.5. The van der Waals surface area contributed by atoms with Gasteiger partial charge in [-0.1, -0.05) is 0 Å². The highest BCUT2D eigenvalue weighted by atomic mass is 19.1. The highest BCUT2D eigenvalue weighted by Gasteiger charge is 2.47. The summed E-state index contributed by atoms with van der Waals surface area (Å²) in [5.74, 6) is -1.93. The first kappa shape index (κ1) is 48.4. The first-order valence-electron chi connectivity index (χ1n) is 24.9. The summed E-state index contributed by atoms with van der Waals surface area (Å²) >= 11 is 0. The van der Waals surface area contributed by atoms with E-state index in [2.05, 4.69) is 61.3 Å². The number of nitrogens with zero attached hydrogens (tertiary/aromatic N) is 13. The zero-order valence-electron chi connectivity index (χ0n) is 42.0. The molecule has 4 N–H and O–H groups in total. The molecule has 0 saturated carbocycles. The summed E-state index contributed by atoms with van der Waals surface area (Å²) in [7, 11) is 0. The van der Waals surface area contributed by atoms with E-state index in [0.29, 0.717) is 55.2 Å². The van der Waals surface area contributed by atoms with Crippen molar-refractivity contribution in [2.75, 3.05) is 17.2 Å². The highest BCUT2D eigenvalue weighted by molar-refractivity contribution is 5.96. The van der Waals surface area contributed by atoms with Crippen LogP contribution >= 0.6 is 0 Å². The number of hydrogen-bond donors (Lipinski definition) is 4. The van der Waals surface area contributed by atoms with Gasteiger partial charge in [-0.2, -0.15) is 5.10 Å². The minimum Gasteiger partial charge on any atom is -0.329 e. The van der Waals surface area contributed by atoms with Crippen LogP contribution in [0.5, 0.6) is 0 Å². The fourth-order valence-electron chi connectivity index (χ4n) is 11.0. The van der Waals surface area contributed by atoms with Crippen molar-refractivity contribution in [1.29, 1.82) is 0 Å². The number of carbonyl (C=O) groups is 2. The lowest BCUT2D eigenvalue weighted by atomic mass is 9.98. The Morgan fingerprint density at radius 2 is 1.28 bits per heavy atom. The molecule has 12 rings (SSSR count). The maximum Gasteiger partial charge on any atom is 0.279 e. The Morgan fingerprint density at radius 3 is 1.88 bits per heavy atom. The second-order valence-corrected chi connectivity index (χ2v) is 19.8. The standard InChI is InChI=1S/C53H49F4N17O2/c1-24(2)72-26(5)63-46-34(54)13-30(15-39(46)72)44-36(56)21-62-52(67-44)65-41-12-8-29(19-60-41)51(76)74-33-9-10-38(74)48(61-20-33)49-43(57)45(31-14-35(55)47-40(16-31)73(25(3)4)27(6)64-47)68-53(69-49)66-42-11-7-28(18-59-42)50(75)71-23-32-17-58-22-37(32)70-71/h7-8,11-16,18-19,21,23-25,33,38,48,58,61H,9-10,17,20,22H2,1-6H3,(H,59,66,68,69)(H,60,62,65,67). The topological polar surface area (TPSA) is 216 Å². The van der Waals surface area contributed by atoms with Crippen molar-refractivity contribution in [3.8, 4) is 22.5 Å². The number of piperazine rings is 1. The fourth-order valence-corrected chi connectivity index (χ4v) is 11.0. The minimum atomic E-state index is -0.844. The smallest absolute Gasteiger partial charge is 0.279 e. The Morgan fingerprint density at radius 1 is 0.671 bits per heavy atom. The second-order valence-electron chi connectivity index (χ2n) is 19.8. The van der Waals surface area contributed by atoms with Gasteiger partial charge in [-0.25, -0.2) is 62.1 Å². The maximum atomic E-state index is 17.5. The fraction of sp³-hybridized carbons (Fsp3) is 0.302. The Bertz CT molecular complexity index is 3800. The molecule has 2 fully saturated rings. The molecule has 3 atom stereocenters. The summed E-state index contributed by atoms with van der Waals surface area (Å²) in [6.07, 6.45) is 6.59. The summed E-state index contributed by atoms with van der Waals surface area (Å²) in [4.78, 5) is 65.2. The van der Waals surface area contributed by atoms with Gasteiger partial charge in [-0.3, -0.25) is 9.59 Å². The van der Waals surface area contributed by atoms with E-state index in [1.54, 1.807) is 61.3 Å². The minimum absolute atomic E-state index is 0.0164. The van der Waals surface area contributed by atoms with E-state index in [1.165, 1.54) is 29.2 Å². The van der Waals surface area contributed by atoms with Gasteiger partial charge in [-0.15, -0.1) is 0 Å². The SMILES string of the molecule is Cc1nc2c(F)cc(-c3nc(Nc4ccc(C(=O)N5C6CCC5C(c5nc(Nc7ccc(C(=O)n8cc9c(n8)CNC9)cn7)nc(-c7cc(F)c8nc(C)n(C(C)C)c8c7)c5F)NC6)cn4)ncc3F)cc2n1C(C)C. The van der Waals surface area contributed by atoms with Gasteiger partial charge in [0.2, 0.25) is 11.9 Å². The van der Waals surface area contributed by atoms with Crippen molar-refractivity contribution in [3.63, 3.8) is 0 Å². The normalized spacial score (nSPS) is 17.2. The number of hydrogen-bond acceptors (Lipinski definition) is 15. The lowest BCUT2D eigenvalue weighted by molar-refractivity contribution is 0.0543. The molecule has 76 heavy (non-hydrogen) atoms. The number of carbonyl (C=O) groups excluding carboxylic acids is 2. The van der Waals surface area contributed by atoms with Crippen molar-refractivity contribution < 1.29 is 27.2 Å². The molecule has 0 radical (unpaired) electrons. The number of fused-ring (bicyclic) bond motifs is 5. The number of aryl methyl sites for hydroxylation is 2. The van der Waals surface area contributed by atoms with Gasteiger partial charge in [0.1, 0.15) is 51.4 Å². The number of aromatic nitrogens is 12. The van der Waals surface area contributed by atoms with Crippen molar-refractivity contribution >= 4 is 57.4 Å². The largest absolute Gasteiger partial charge is 0.329 e. The van der Waals surface area contributed by atoms with E-state index in [0.717, 1.165) is 17.5 Å². The van der Waals surface area contributed by atoms with Crippen LogP contribution in [0.25, 0.3) is 44.6 Å². The van der Waals surface area contributed by atoms with Crippen molar-refractivity contribution in [3.05, 3.63) is 136 Å². The number of imidazole rings is 2. The van der Waals surface area contributed by atoms with Gasteiger partial charge < -0.3 is 35.3 Å². The Hall–Kier alpha value is -8.57. The van der Waals surface area contributed by atoms with Crippen LogP contribution in [0.15, 0.2) is 73.3 Å². The molecule has 3 unspecified atom stereocenters. The van der Waals surface area contributed by atoms with Crippen LogP contribution in [-0.2, 0) is 13.1 Å². The second kappa shape index (κ2) is 18.7. The average molecular weight is 1030 g/mol. The van der Waals surface area contributed by atoms with E-state index in [1.807, 2.05) is 36.8 Å². The first-order chi connectivity index (χ1) is 36.6. The molecule has 10 heterocycles. The lowest BCUT2D eigenvalue weighted by Gasteiger charge is -2.40. The predicted molar refractivity (Wildman–Crippen MR) is 273 cm³/mol. The van der Waals surface area contributed by atoms with Crippen LogP contribution < -0.4 is 21.3 Å². The van der Waals surface area contributed by atoms with E-state index in [4.69, 9.17) is 4.98 Å². The lowest BCUT2D eigenvalue weighted by Crippen LogP contribution is -2.56. The Balaban J connectivity index is 0.834. The number of pyridine rings is 2. The summed E-state index contributed by atoms with van der Waals surface area (Å²) in [5.41, 5.74) is 3.52. The van der Waals surface area contributed by atoms with Crippen LogP contribution in [0.2, 0.25) is 0 Å². The highest BCUT2D eigenvalue weighted by Crippen LogP contribution is 2.41. The quantitative estimate of drug-likeness (QED) is 0.0891. The van der Waals surface area contributed by atoms with Gasteiger partial charge in [0, 0.05) is 73.0 Å². The van der Waals surface area contributed by atoms with Crippen molar-refractivity contribution in [2.24, 2.45) is 0 Å². The number of amides is 1. The third-order valence-electron chi connectivity index (χ3n) is 14.3.